The molecular weight excluding hydrogens is 859 g/mol. The van der Waals surface area contributed by atoms with Crippen LogP contribution in [0.1, 0.15) is 189 Å². The van der Waals surface area contributed by atoms with E-state index in [0.29, 0.717) is 24.3 Å². The number of unbranched alkanes of at least 4 members (excludes halogenated alkanes) is 18. The highest BCUT2D eigenvalue weighted by molar-refractivity contribution is 7.13. The third kappa shape index (κ3) is 31.9. The molecule has 0 radical (unpaired) electrons. The number of ether oxygens (including phenoxy) is 2. The smallest absolute Gasteiger partial charge is 0.340 e. The van der Waals surface area contributed by atoms with Crippen LogP contribution >= 0.6 is 22.7 Å². The average molecular weight is 941 g/mol. The van der Waals surface area contributed by atoms with Gasteiger partial charge in [-0.05, 0) is 68.7 Å². The molecule has 9 heteroatoms. The van der Waals surface area contributed by atoms with Gasteiger partial charge >= 0.3 is 11.9 Å². The standard InChI is InChI=1S/C27H44O2SSi2.C23H32O2S.C5H5N/c1-8-9-10-11-12-13-14-15-16-17-20-29-27(28)25-23-24(18-21-31(2,3)4)30-26(25)19-22-32(5,6)7;1-4-6-8-9-10-11-12-13-14-16-18-25-23(24)21-19-20(3)26-22(21)17-15-7-5-2;1-2-4-6-5-3-1/h23H,8-17,20H2,1-7H3;19H,4,6,8-14,16,18H2,1-3H3;1-5H. The lowest BCUT2D eigenvalue weighted by atomic mass is 10.1. The van der Waals surface area contributed by atoms with Gasteiger partial charge in [-0.25, -0.2) is 9.59 Å². The van der Waals surface area contributed by atoms with Gasteiger partial charge in [0, 0.05) is 17.3 Å². The maximum atomic E-state index is 12.8. The summed E-state index contributed by atoms with van der Waals surface area (Å²) in [6.07, 6.45) is 28.9. The third-order valence-corrected chi connectivity index (χ3v) is 13.2. The van der Waals surface area contributed by atoms with Crippen molar-refractivity contribution in [1.29, 1.82) is 0 Å². The molecule has 3 aromatic heterocycles. The Morgan fingerprint density at radius 1 is 0.547 bits per heavy atom. The molecule has 3 heterocycles. The Labute approximate surface area is 401 Å². The lowest BCUT2D eigenvalue weighted by Crippen LogP contribution is -2.16. The van der Waals surface area contributed by atoms with Crippen LogP contribution in [-0.4, -0.2) is 46.3 Å². The van der Waals surface area contributed by atoms with E-state index in [0.717, 1.165) is 45.2 Å². The van der Waals surface area contributed by atoms with Crippen molar-refractivity contribution >= 4 is 50.8 Å². The summed E-state index contributed by atoms with van der Waals surface area (Å²) in [5.41, 5.74) is 7.94. The van der Waals surface area contributed by atoms with E-state index in [1.54, 1.807) is 19.3 Å². The minimum absolute atomic E-state index is 0.252. The summed E-state index contributed by atoms with van der Waals surface area (Å²) in [7, 11) is -3.00. The largest absolute Gasteiger partial charge is 0.462 e. The number of rotatable bonds is 24. The van der Waals surface area contributed by atoms with Crippen LogP contribution in [0.15, 0.2) is 42.7 Å². The van der Waals surface area contributed by atoms with Crippen LogP contribution in [-0.2, 0) is 9.47 Å². The number of hydrogen-bond donors (Lipinski definition) is 0. The maximum Gasteiger partial charge on any atom is 0.340 e. The van der Waals surface area contributed by atoms with E-state index in [9.17, 15) is 9.59 Å². The number of pyridine rings is 1. The third-order valence-electron chi connectivity index (χ3n) is 9.53. The van der Waals surface area contributed by atoms with E-state index in [-0.39, 0.29) is 11.9 Å². The second kappa shape index (κ2) is 36.4. The number of aryl methyl sites for hydroxylation is 1. The average Bonchev–Trinajstić information content (AvgIpc) is 3.86. The Balaban J connectivity index is 0.000000572. The molecule has 0 aliphatic carbocycles. The van der Waals surface area contributed by atoms with Crippen LogP contribution in [0.4, 0.5) is 0 Å². The van der Waals surface area contributed by atoms with Gasteiger partial charge in [0.1, 0.15) is 16.1 Å². The van der Waals surface area contributed by atoms with E-state index in [2.05, 4.69) is 105 Å². The summed E-state index contributed by atoms with van der Waals surface area (Å²) in [6.45, 7) is 22.5. The lowest BCUT2D eigenvalue weighted by molar-refractivity contribution is 0.0488. The highest BCUT2D eigenvalue weighted by atomic mass is 32.1. The maximum absolute atomic E-state index is 12.8. The molecule has 0 amide bonds. The van der Waals surface area contributed by atoms with E-state index in [1.807, 2.05) is 37.3 Å². The van der Waals surface area contributed by atoms with Crippen LogP contribution in [0.2, 0.25) is 39.3 Å². The number of carbonyl (C=O) groups excluding carboxylic acids is 2. The molecule has 0 saturated heterocycles. The monoisotopic (exact) mass is 940 g/mol. The first kappa shape index (κ1) is 58.2. The van der Waals surface area contributed by atoms with Crippen molar-refractivity contribution in [3.63, 3.8) is 0 Å². The van der Waals surface area contributed by atoms with Crippen LogP contribution in [0.25, 0.3) is 0 Å². The molecule has 0 spiro atoms. The Morgan fingerprint density at radius 3 is 1.38 bits per heavy atom. The van der Waals surface area contributed by atoms with Crippen molar-refractivity contribution in [3.05, 3.63) is 73.4 Å². The molecule has 0 aliphatic heterocycles. The zero-order chi connectivity index (χ0) is 47.3. The first-order valence-electron chi connectivity index (χ1n) is 24.1. The van der Waals surface area contributed by atoms with E-state index in [4.69, 9.17) is 9.47 Å². The van der Waals surface area contributed by atoms with Crippen LogP contribution in [0.3, 0.4) is 0 Å². The fourth-order valence-corrected chi connectivity index (χ4v) is 8.97. The summed E-state index contributed by atoms with van der Waals surface area (Å²) in [6, 6.07) is 9.45. The van der Waals surface area contributed by atoms with Gasteiger partial charge < -0.3 is 9.47 Å². The predicted molar refractivity (Wildman–Crippen MR) is 283 cm³/mol. The van der Waals surface area contributed by atoms with Crippen LogP contribution in [0.5, 0.6) is 0 Å². The number of carbonyl (C=O) groups is 2. The normalized spacial score (nSPS) is 10.4. The molecule has 350 valence electrons. The molecule has 0 bridgehead atoms. The second-order valence-electron chi connectivity index (χ2n) is 18.2. The highest BCUT2D eigenvalue weighted by Crippen LogP contribution is 2.24. The number of esters is 2. The molecule has 0 fully saturated rings. The van der Waals surface area contributed by atoms with Gasteiger partial charge in [-0.2, -0.15) is 0 Å². The first-order valence-corrected chi connectivity index (χ1v) is 32.8. The van der Waals surface area contributed by atoms with Crippen molar-refractivity contribution in [3.8, 4) is 46.6 Å². The van der Waals surface area contributed by atoms with E-state index >= 15 is 0 Å². The number of hydrogen-bond acceptors (Lipinski definition) is 7. The molecule has 0 aliphatic rings. The molecular formula is C55H81NO4S2Si2. The van der Waals surface area contributed by atoms with Crippen LogP contribution < -0.4 is 0 Å². The fraction of sp³-hybridized carbons (Fsp3) is 0.582. The van der Waals surface area contributed by atoms with E-state index in [1.165, 1.54) is 125 Å². The molecule has 3 aromatic rings. The Morgan fingerprint density at radius 2 is 0.969 bits per heavy atom. The van der Waals surface area contributed by atoms with Crippen molar-refractivity contribution in [2.24, 2.45) is 0 Å². The Kier molecular flexibility index (Phi) is 33.1. The van der Waals surface area contributed by atoms with Gasteiger partial charge in [-0.1, -0.05) is 193 Å². The van der Waals surface area contributed by atoms with Crippen molar-refractivity contribution < 1.29 is 19.1 Å². The number of thiophene rings is 2. The van der Waals surface area contributed by atoms with Gasteiger partial charge in [-0.3, -0.25) is 4.98 Å². The van der Waals surface area contributed by atoms with Crippen LogP contribution in [0, 0.1) is 53.5 Å². The van der Waals surface area contributed by atoms with E-state index < -0.39 is 16.1 Å². The van der Waals surface area contributed by atoms with Gasteiger partial charge in [0.15, 0.2) is 0 Å². The lowest BCUT2D eigenvalue weighted by Gasteiger charge is -2.05. The first-order chi connectivity index (χ1) is 30.7. The summed E-state index contributed by atoms with van der Waals surface area (Å²) >= 11 is 3.04. The van der Waals surface area contributed by atoms with Gasteiger partial charge in [0.05, 0.1) is 39.0 Å². The topological polar surface area (TPSA) is 65.5 Å². The van der Waals surface area contributed by atoms with Gasteiger partial charge in [0.25, 0.3) is 0 Å². The van der Waals surface area contributed by atoms with Crippen molar-refractivity contribution in [2.75, 3.05) is 13.2 Å². The molecule has 0 aromatic carbocycles. The predicted octanol–water partition coefficient (Wildman–Crippen LogP) is 15.9. The summed E-state index contributed by atoms with van der Waals surface area (Å²) < 4.78 is 11.0. The highest BCUT2D eigenvalue weighted by Gasteiger charge is 2.18. The second-order valence-corrected chi connectivity index (χ2v) is 30.0. The Bertz CT molecular complexity index is 1950. The van der Waals surface area contributed by atoms with Gasteiger partial charge in [0.2, 0.25) is 0 Å². The van der Waals surface area contributed by atoms with Crippen molar-refractivity contribution in [2.45, 2.75) is 195 Å². The number of aromatic nitrogens is 1. The molecule has 0 atom stereocenters. The summed E-state index contributed by atoms with van der Waals surface area (Å²) in [5.74, 6) is 17.2. The Hall–Kier alpha value is -3.84. The molecule has 64 heavy (non-hydrogen) atoms. The molecule has 0 N–H and O–H groups in total. The number of nitrogens with zero attached hydrogens (tertiary/aromatic N) is 1. The molecule has 5 nitrogen and oxygen atoms in total. The molecule has 0 unspecified atom stereocenters. The summed E-state index contributed by atoms with van der Waals surface area (Å²) in [5, 5.41) is 0. The van der Waals surface area contributed by atoms with Gasteiger partial charge in [-0.15, -0.1) is 33.8 Å². The zero-order valence-electron chi connectivity index (χ0n) is 41.5. The minimum atomic E-state index is -1.53. The van der Waals surface area contributed by atoms with Crippen molar-refractivity contribution in [1.82, 2.24) is 4.98 Å². The molecule has 0 saturated carbocycles. The SMILES string of the molecule is CC#CC#Cc1sc(C)cc1C(=O)OCCCCCCCCCCCC.CCCCCCCCCCCCOC(=O)c1cc(C#C[Si](C)(C)C)sc1C#C[Si](C)(C)C.c1ccncc1. The summed E-state index contributed by atoms with van der Waals surface area (Å²) in [4.78, 5) is 32.3. The fourth-order valence-electron chi connectivity index (χ4n) is 6.08. The minimum Gasteiger partial charge on any atom is -0.462 e. The molecule has 3 rings (SSSR count). The quantitative estimate of drug-likeness (QED) is 0.0387. The zero-order valence-corrected chi connectivity index (χ0v) is 45.1.